The normalized spacial score (nSPS) is 10.6. The number of unbranched alkanes of at least 4 members (excludes halogenated alkanes) is 2. The fourth-order valence-corrected chi connectivity index (χ4v) is 0.340. The van der Waals surface area contributed by atoms with Gasteiger partial charge < -0.3 is 13.8 Å². The molecule has 0 atom stereocenters. The van der Waals surface area contributed by atoms with Crippen molar-refractivity contribution in [2.75, 3.05) is 0 Å². The van der Waals surface area contributed by atoms with Crippen LogP contribution in [0, 0.1) is 19.9 Å². The number of hydrogen-bond acceptors (Lipinski definition) is 0. The molecule has 79 valence electrons. The first-order valence-corrected chi connectivity index (χ1v) is 5.13. The predicted molar refractivity (Wildman–Crippen MR) is 62.1 cm³/mol. The van der Waals surface area contributed by atoms with Gasteiger partial charge in [-0.25, -0.2) is 12.2 Å². The molecule has 1 aliphatic rings. The standard InChI is InChI=1S/C5H5.2C4H9.Ti/c1-2-4-5-3-1;2*1-3-4-2;/h1-3H,4H2;2*1,3-4H2,2H3;/q3*-1;+3. The van der Waals surface area contributed by atoms with Crippen LogP contribution in [-0.4, -0.2) is 0 Å². The van der Waals surface area contributed by atoms with Gasteiger partial charge in [-0.05, 0) is 0 Å². The zero-order chi connectivity index (χ0) is 10.4. The summed E-state index contributed by atoms with van der Waals surface area (Å²) in [6, 6.07) is 0. The Morgan fingerprint density at radius 2 is 1.57 bits per heavy atom. The maximum Gasteiger partial charge on any atom is 3.00 e. The average Bonchev–Trinajstić information content (AvgIpc) is 2.76. The molecule has 0 unspecified atom stereocenters. The van der Waals surface area contributed by atoms with Gasteiger partial charge in [0.2, 0.25) is 0 Å². The molecule has 0 saturated carbocycles. The molecule has 0 heterocycles. The first kappa shape index (κ1) is 19.7. The van der Waals surface area contributed by atoms with Crippen LogP contribution >= 0.6 is 0 Å². The summed E-state index contributed by atoms with van der Waals surface area (Å²) in [6.07, 6.45) is 14.6. The van der Waals surface area contributed by atoms with Gasteiger partial charge in [-0.2, -0.15) is 18.9 Å². The molecule has 14 heavy (non-hydrogen) atoms. The van der Waals surface area contributed by atoms with Crippen molar-refractivity contribution in [1.82, 2.24) is 0 Å². The first-order chi connectivity index (χ1) is 6.33. The zero-order valence-corrected chi connectivity index (χ0v) is 11.2. The first-order valence-electron chi connectivity index (χ1n) is 5.13. The van der Waals surface area contributed by atoms with Gasteiger partial charge in [-0.3, -0.25) is 6.08 Å². The smallest absolute Gasteiger partial charge is 0.343 e. The van der Waals surface area contributed by atoms with Crippen molar-refractivity contribution in [3.63, 3.8) is 0 Å². The van der Waals surface area contributed by atoms with Gasteiger partial charge in [0.05, 0.1) is 0 Å². The fraction of sp³-hybridized carbons (Fsp3) is 0.538. The molecule has 0 aromatic carbocycles. The van der Waals surface area contributed by atoms with Crippen LogP contribution in [0.3, 0.4) is 0 Å². The molecule has 1 rings (SSSR count). The second-order valence-corrected chi connectivity index (χ2v) is 2.71. The monoisotopic (exact) mass is 227 g/mol. The van der Waals surface area contributed by atoms with Gasteiger partial charge in [-0.15, -0.1) is 6.42 Å². The molecule has 1 heteroatoms. The maximum absolute atomic E-state index is 3.60. The minimum Gasteiger partial charge on any atom is -0.343 e. The van der Waals surface area contributed by atoms with Gasteiger partial charge in [-0.1, -0.05) is 26.7 Å². The van der Waals surface area contributed by atoms with Crippen LogP contribution in [0.5, 0.6) is 0 Å². The molecule has 0 aromatic heterocycles. The van der Waals surface area contributed by atoms with Crippen LogP contribution in [0.4, 0.5) is 0 Å². The predicted octanol–water partition coefficient (Wildman–Crippen LogP) is 4.54. The van der Waals surface area contributed by atoms with E-state index >= 15 is 0 Å². The Morgan fingerprint density at radius 3 is 1.64 bits per heavy atom. The van der Waals surface area contributed by atoms with Crippen LogP contribution < -0.4 is 0 Å². The van der Waals surface area contributed by atoms with E-state index in [2.05, 4.69) is 39.8 Å². The van der Waals surface area contributed by atoms with E-state index in [-0.39, 0.29) is 21.7 Å². The quantitative estimate of drug-likeness (QED) is 0.479. The summed E-state index contributed by atoms with van der Waals surface area (Å²) >= 11 is 0. The third kappa shape index (κ3) is 29.5. The topological polar surface area (TPSA) is 0 Å². The second-order valence-electron chi connectivity index (χ2n) is 2.71. The Morgan fingerprint density at radius 1 is 1.14 bits per heavy atom. The summed E-state index contributed by atoms with van der Waals surface area (Å²) in [6.45, 7) is 11.4. The molecule has 0 aromatic rings. The number of hydrogen-bond donors (Lipinski definition) is 0. The Bertz CT molecular complexity index is 96.4. The molecule has 0 bridgehead atoms. The number of rotatable bonds is 2. The van der Waals surface area contributed by atoms with Crippen molar-refractivity contribution in [2.45, 2.75) is 46.0 Å². The Kier molecular flexibility index (Phi) is 32.7. The number of allylic oxidation sites excluding steroid dienone is 4. The van der Waals surface area contributed by atoms with Gasteiger partial charge in [0, 0.05) is 0 Å². The largest absolute Gasteiger partial charge is 3.00 e. The molecule has 0 saturated heterocycles. The average molecular weight is 227 g/mol. The molecule has 0 amide bonds. The molecule has 1 radical (unpaired) electrons. The zero-order valence-electron chi connectivity index (χ0n) is 9.68. The maximum atomic E-state index is 3.60. The molecular weight excluding hydrogens is 204 g/mol. The van der Waals surface area contributed by atoms with E-state index in [0.29, 0.717) is 0 Å². The Balaban J connectivity index is -0.000000127. The van der Waals surface area contributed by atoms with Crippen LogP contribution in [-0.2, 0) is 21.7 Å². The summed E-state index contributed by atoms with van der Waals surface area (Å²) in [5, 5.41) is 0. The van der Waals surface area contributed by atoms with Crippen molar-refractivity contribution in [3.8, 4) is 0 Å². The van der Waals surface area contributed by atoms with Gasteiger partial charge in [0.1, 0.15) is 0 Å². The van der Waals surface area contributed by atoms with Crippen molar-refractivity contribution in [2.24, 2.45) is 0 Å². The molecule has 0 fully saturated rings. The fourth-order valence-electron chi connectivity index (χ4n) is 0.340. The molecular formula is C13H23Ti. The summed E-state index contributed by atoms with van der Waals surface area (Å²) in [7, 11) is 0. The van der Waals surface area contributed by atoms with E-state index in [1.165, 1.54) is 12.8 Å². The van der Waals surface area contributed by atoms with Crippen molar-refractivity contribution in [1.29, 1.82) is 0 Å². The molecule has 0 N–H and O–H groups in total. The third-order valence-electron chi connectivity index (χ3n) is 1.29. The minimum absolute atomic E-state index is 0. The van der Waals surface area contributed by atoms with E-state index in [1.807, 2.05) is 12.2 Å². The molecule has 0 spiro atoms. The summed E-state index contributed by atoms with van der Waals surface area (Å²) in [4.78, 5) is 0. The van der Waals surface area contributed by atoms with Crippen LogP contribution in [0.25, 0.3) is 0 Å². The minimum atomic E-state index is 0. The van der Waals surface area contributed by atoms with Crippen LogP contribution in [0.1, 0.15) is 46.0 Å². The van der Waals surface area contributed by atoms with E-state index in [0.717, 1.165) is 19.3 Å². The second kappa shape index (κ2) is 23.2. The van der Waals surface area contributed by atoms with Crippen LogP contribution in [0.15, 0.2) is 18.2 Å². The van der Waals surface area contributed by atoms with Gasteiger partial charge in [0.15, 0.2) is 0 Å². The SMILES string of the molecule is [C-]1=CC=CC1.[CH2-]CCC.[CH2-]CCC.[Ti+3]. The Hall–Kier alpha value is 0.194. The summed E-state index contributed by atoms with van der Waals surface area (Å²) in [5.74, 6) is 0. The van der Waals surface area contributed by atoms with Crippen molar-refractivity contribution < 1.29 is 21.7 Å². The van der Waals surface area contributed by atoms with Gasteiger partial charge >= 0.3 is 21.7 Å². The van der Waals surface area contributed by atoms with Gasteiger partial charge in [0.25, 0.3) is 0 Å². The third-order valence-corrected chi connectivity index (χ3v) is 1.29. The summed E-state index contributed by atoms with van der Waals surface area (Å²) < 4.78 is 0. The van der Waals surface area contributed by atoms with E-state index in [4.69, 9.17) is 0 Å². The van der Waals surface area contributed by atoms with E-state index in [9.17, 15) is 0 Å². The molecule has 0 aliphatic heterocycles. The van der Waals surface area contributed by atoms with Crippen molar-refractivity contribution >= 4 is 0 Å². The Labute approximate surface area is 106 Å². The van der Waals surface area contributed by atoms with E-state index in [1.54, 1.807) is 0 Å². The summed E-state index contributed by atoms with van der Waals surface area (Å²) in [5.41, 5.74) is 0. The van der Waals surface area contributed by atoms with Crippen LogP contribution in [0.2, 0.25) is 0 Å². The molecule has 0 nitrogen and oxygen atoms in total. The molecule has 1 aliphatic carbocycles. The van der Waals surface area contributed by atoms with Crippen molar-refractivity contribution in [3.05, 3.63) is 38.2 Å². The van der Waals surface area contributed by atoms with E-state index < -0.39 is 0 Å².